The first-order chi connectivity index (χ1) is 7.78. The van der Waals surface area contributed by atoms with E-state index >= 15 is 0 Å². The molecule has 1 aliphatic heterocycles. The van der Waals surface area contributed by atoms with Crippen LogP contribution >= 0.6 is 12.4 Å². The van der Waals surface area contributed by atoms with Gasteiger partial charge in [-0.25, -0.2) is 0 Å². The predicted molar refractivity (Wildman–Crippen MR) is 72.4 cm³/mol. The van der Waals surface area contributed by atoms with Crippen LogP contribution in [0.25, 0.3) is 0 Å². The van der Waals surface area contributed by atoms with Gasteiger partial charge in [0.1, 0.15) is 12.2 Å². The fourth-order valence-electron chi connectivity index (χ4n) is 2.05. The van der Waals surface area contributed by atoms with E-state index in [0.29, 0.717) is 6.61 Å². The van der Waals surface area contributed by atoms with Gasteiger partial charge in [0.15, 0.2) is 0 Å². The molecular weight excluding hydrogens is 234 g/mol. The second kappa shape index (κ2) is 6.07. The van der Waals surface area contributed by atoms with Crippen molar-refractivity contribution in [3.05, 3.63) is 35.4 Å². The summed E-state index contributed by atoms with van der Waals surface area (Å²) in [5.74, 6) is 5.82. The molecule has 0 atom stereocenters. The fraction of sp³-hybridized carbons (Fsp3) is 0.429. The van der Waals surface area contributed by atoms with Crippen LogP contribution < -0.4 is 5.32 Å². The summed E-state index contributed by atoms with van der Waals surface area (Å²) in [4.78, 5) is 0. The topological polar surface area (TPSA) is 21.3 Å². The average molecular weight is 252 g/mol. The first-order valence-corrected chi connectivity index (χ1v) is 5.59. The Morgan fingerprint density at radius 3 is 2.59 bits per heavy atom. The normalized spacial score (nSPS) is 16.1. The van der Waals surface area contributed by atoms with Crippen LogP contribution in [0.3, 0.4) is 0 Å². The Kier molecular flexibility index (Phi) is 5.02. The molecule has 1 saturated heterocycles. The van der Waals surface area contributed by atoms with E-state index in [4.69, 9.17) is 4.74 Å². The van der Waals surface area contributed by atoms with E-state index in [1.165, 1.54) is 11.1 Å². The minimum atomic E-state index is -0.158. The van der Waals surface area contributed by atoms with E-state index in [0.717, 1.165) is 13.1 Å². The number of nitrogens with one attached hydrogen (secondary N) is 1. The van der Waals surface area contributed by atoms with E-state index in [-0.39, 0.29) is 18.0 Å². The van der Waals surface area contributed by atoms with Gasteiger partial charge in [0.05, 0.1) is 0 Å². The van der Waals surface area contributed by atoms with Crippen LogP contribution in [0.15, 0.2) is 24.3 Å². The maximum Gasteiger partial charge on any atom is 0.119 e. The maximum atomic E-state index is 5.94. The lowest BCUT2D eigenvalue weighted by Gasteiger charge is -2.43. The van der Waals surface area contributed by atoms with Gasteiger partial charge in [-0.1, -0.05) is 30.2 Å². The van der Waals surface area contributed by atoms with Gasteiger partial charge >= 0.3 is 0 Å². The molecule has 1 heterocycles. The van der Waals surface area contributed by atoms with Crippen molar-refractivity contribution in [3.8, 4) is 11.8 Å². The van der Waals surface area contributed by atoms with Crippen molar-refractivity contribution in [1.82, 2.24) is 5.32 Å². The molecule has 0 bridgehead atoms. The Labute approximate surface area is 109 Å². The first kappa shape index (κ1) is 14.1. The number of hydrogen-bond donors (Lipinski definition) is 1. The standard InChI is InChI=1S/C14H17NO.ClH/c1-3-4-9-16-14(10-15-11-14)13-8-6-5-7-12(13)2;/h5-8,15H,9-11H2,1-2H3;1H. The summed E-state index contributed by atoms with van der Waals surface area (Å²) in [5, 5.41) is 3.28. The van der Waals surface area contributed by atoms with Crippen molar-refractivity contribution < 1.29 is 4.74 Å². The van der Waals surface area contributed by atoms with Crippen molar-refractivity contribution >= 4 is 12.4 Å². The first-order valence-electron chi connectivity index (χ1n) is 5.59. The second-order valence-electron chi connectivity index (χ2n) is 4.13. The molecule has 1 aromatic rings. The van der Waals surface area contributed by atoms with E-state index in [1.807, 2.05) is 6.92 Å². The third kappa shape index (κ3) is 2.81. The molecule has 0 aliphatic carbocycles. The quantitative estimate of drug-likeness (QED) is 0.833. The van der Waals surface area contributed by atoms with Crippen LogP contribution in [0.5, 0.6) is 0 Å². The van der Waals surface area contributed by atoms with E-state index in [9.17, 15) is 0 Å². The van der Waals surface area contributed by atoms with Crippen LogP contribution in [0.4, 0.5) is 0 Å². The number of benzene rings is 1. The Bertz CT molecular complexity index is 429. The molecule has 1 N–H and O–H groups in total. The van der Waals surface area contributed by atoms with Gasteiger partial charge in [-0.2, -0.15) is 0 Å². The summed E-state index contributed by atoms with van der Waals surface area (Å²) in [6.07, 6.45) is 0. The second-order valence-corrected chi connectivity index (χ2v) is 4.13. The molecule has 2 nitrogen and oxygen atoms in total. The monoisotopic (exact) mass is 251 g/mol. The van der Waals surface area contributed by atoms with E-state index < -0.39 is 0 Å². The van der Waals surface area contributed by atoms with E-state index in [1.54, 1.807) is 0 Å². The van der Waals surface area contributed by atoms with Crippen molar-refractivity contribution in [2.45, 2.75) is 19.4 Å². The highest BCUT2D eigenvalue weighted by molar-refractivity contribution is 5.85. The molecule has 1 aromatic carbocycles. The zero-order chi connectivity index (χ0) is 11.4. The number of aryl methyl sites for hydroxylation is 1. The van der Waals surface area contributed by atoms with Gasteiger partial charge < -0.3 is 10.1 Å². The maximum absolute atomic E-state index is 5.94. The number of ether oxygens (including phenoxy) is 1. The summed E-state index contributed by atoms with van der Waals surface area (Å²) >= 11 is 0. The lowest BCUT2D eigenvalue weighted by molar-refractivity contribution is -0.0726. The van der Waals surface area contributed by atoms with Gasteiger partial charge in [0.25, 0.3) is 0 Å². The minimum absolute atomic E-state index is 0. The molecule has 92 valence electrons. The van der Waals surface area contributed by atoms with Crippen LogP contribution in [-0.4, -0.2) is 19.7 Å². The van der Waals surface area contributed by atoms with Gasteiger partial charge in [-0.3, -0.25) is 0 Å². The molecule has 2 rings (SSSR count). The lowest BCUT2D eigenvalue weighted by atomic mass is 9.85. The predicted octanol–water partition coefficient (Wildman–Crippen LogP) is 2.26. The number of halogens is 1. The molecule has 3 heteroatoms. The average Bonchev–Trinajstić information content (AvgIpc) is 2.24. The molecule has 1 fully saturated rings. The van der Waals surface area contributed by atoms with E-state index in [2.05, 4.69) is 48.3 Å². The Balaban J connectivity index is 0.00000144. The zero-order valence-electron chi connectivity index (χ0n) is 10.2. The Hall–Kier alpha value is -1.01. The molecule has 17 heavy (non-hydrogen) atoms. The number of hydrogen-bond acceptors (Lipinski definition) is 2. The lowest BCUT2D eigenvalue weighted by Crippen LogP contribution is -2.58. The van der Waals surface area contributed by atoms with Crippen molar-refractivity contribution in [2.24, 2.45) is 0 Å². The molecule has 0 saturated carbocycles. The summed E-state index contributed by atoms with van der Waals surface area (Å²) in [6, 6.07) is 8.40. The van der Waals surface area contributed by atoms with Crippen molar-refractivity contribution in [2.75, 3.05) is 19.7 Å². The van der Waals surface area contributed by atoms with Crippen LogP contribution in [0.2, 0.25) is 0 Å². The SMILES string of the molecule is CC#CCOC1(c2ccccc2C)CNC1.Cl. The molecule has 0 amide bonds. The highest BCUT2D eigenvalue weighted by Crippen LogP contribution is 2.31. The summed E-state index contributed by atoms with van der Waals surface area (Å²) in [5.41, 5.74) is 2.41. The number of rotatable bonds is 3. The fourth-order valence-corrected chi connectivity index (χ4v) is 2.05. The Morgan fingerprint density at radius 2 is 2.06 bits per heavy atom. The third-order valence-electron chi connectivity index (χ3n) is 3.05. The van der Waals surface area contributed by atoms with Gasteiger partial charge in [0.2, 0.25) is 0 Å². The summed E-state index contributed by atoms with van der Waals surface area (Å²) in [6.45, 7) is 6.23. The highest BCUT2D eigenvalue weighted by Gasteiger charge is 2.40. The van der Waals surface area contributed by atoms with Gasteiger partial charge in [-0.15, -0.1) is 18.3 Å². The Morgan fingerprint density at radius 1 is 1.35 bits per heavy atom. The smallest absolute Gasteiger partial charge is 0.119 e. The summed E-state index contributed by atoms with van der Waals surface area (Å²) < 4.78 is 5.94. The van der Waals surface area contributed by atoms with Gasteiger partial charge in [0, 0.05) is 13.1 Å². The highest BCUT2D eigenvalue weighted by atomic mass is 35.5. The van der Waals surface area contributed by atoms with Crippen LogP contribution in [-0.2, 0) is 10.3 Å². The molecule has 0 unspecified atom stereocenters. The molecule has 0 spiro atoms. The van der Waals surface area contributed by atoms with Gasteiger partial charge in [-0.05, 0) is 25.0 Å². The zero-order valence-corrected chi connectivity index (χ0v) is 11.1. The third-order valence-corrected chi connectivity index (χ3v) is 3.05. The van der Waals surface area contributed by atoms with Crippen molar-refractivity contribution in [3.63, 3.8) is 0 Å². The molecule has 0 aromatic heterocycles. The molecular formula is C14H18ClNO. The summed E-state index contributed by atoms with van der Waals surface area (Å²) in [7, 11) is 0. The van der Waals surface area contributed by atoms with Crippen LogP contribution in [0, 0.1) is 18.8 Å². The minimum Gasteiger partial charge on any atom is -0.355 e. The van der Waals surface area contributed by atoms with Crippen LogP contribution in [0.1, 0.15) is 18.1 Å². The molecule has 0 radical (unpaired) electrons. The van der Waals surface area contributed by atoms with Crippen molar-refractivity contribution in [1.29, 1.82) is 0 Å². The largest absolute Gasteiger partial charge is 0.355 e. The molecule has 1 aliphatic rings.